The Morgan fingerprint density at radius 2 is 1.85 bits per heavy atom. The zero-order valence-electron chi connectivity index (χ0n) is 14.9. The highest BCUT2D eigenvalue weighted by Gasteiger charge is 2.09. The summed E-state index contributed by atoms with van der Waals surface area (Å²) in [6, 6.07) is 12.0. The lowest BCUT2D eigenvalue weighted by molar-refractivity contribution is -0.121. The van der Waals surface area contributed by atoms with Crippen molar-refractivity contribution < 1.29 is 19.1 Å². The van der Waals surface area contributed by atoms with Gasteiger partial charge in [-0.05, 0) is 74.1 Å². The van der Waals surface area contributed by atoms with Gasteiger partial charge in [0.25, 0.3) is 5.91 Å². The SMILES string of the molecule is CCOC(=O)c1ccc(NC(=S)NC(=O)COc2ccc(Br)c(C)c2)cc1. The summed E-state index contributed by atoms with van der Waals surface area (Å²) < 4.78 is 11.3. The molecule has 0 bridgehead atoms. The number of hydrogen-bond acceptors (Lipinski definition) is 5. The van der Waals surface area contributed by atoms with Crippen molar-refractivity contribution in [2.45, 2.75) is 13.8 Å². The molecule has 2 aromatic rings. The summed E-state index contributed by atoms with van der Waals surface area (Å²) >= 11 is 8.52. The molecule has 0 aromatic heterocycles. The van der Waals surface area contributed by atoms with Crippen LogP contribution in [0.3, 0.4) is 0 Å². The summed E-state index contributed by atoms with van der Waals surface area (Å²) in [5.41, 5.74) is 2.09. The highest BCUT2D eigenvalue weighted by molar-refractivity contribution is 9.10. The lowest BCUT2D eigenvalue weighted by Gasteiger charge is -2.11. The van der Waals surface area contributed by atoms with Gasteiger partial charge in [-0.3, -0.25) is 10.1 Å². The molecule has 2 N–H and O–H groups in total. The summed E-state index contributed by atoms with van der Waals surface area (Å²) in [5.74, 6) is -0.171. The standard InChI is InChI=1S/C19H19BrN2O4S/c1-3-25-18(24)13-4-6-14(7-5-13)21-19(27)22-17(23)11-26-15-8-9-16(20)12(2)10-15/h4-10H,3,11H2,1-2H3,(H2,21,22,23,27). The van der Waals surface area contributed by atoms with Gasteiger partial charge in [-0.25, -0.2) is 4.79 Å². The van der Waals surface area contributed by atoms with Gasteiger partial charge in [-0.2, -0.15) is 0 Å². The molecule has 27 heavy (non-hydrogen) atoms. The van der Waals surface area contributed by atoms with E-state index in [2.05, 4.69) is 26.6 Å². The second kappa shape index (κ2) is 10.0. The second-order valence-electron chi connectivity index (χ2n) is 5.50. The molecule has 0 fully saturated rings. The van der Waals surface area contributed by atoms with Gasteiger partial charge in [0, 0.05) is 10.2 Å². The minimum absolute atomic E-state index is 0.138. The number of anilines is 1. The average Bonchev–Trinajstić information content (AvgIpc) is 2.63. The first kappa shape index (κ1) is 20.9. The maximum Gasteiger partial charge on any atom is 0.338 e. The monoisotopic (exact) mass is 450 g/mol. The first-order valence-electron chi connectivity index (χ1n) is 8.16. The van der Waals surface area contributed by atoms with Crippen LogP contribution in [0.25, 0.3) is 0 Å². The first-order chi connectivity index (χ1) is 12.9. The van der Waals surface area contributed by atoms with E-state index in [-0.39, 0.29) is 23.6 Å². The van der Waals surface area contributed by atoms with Gasteiger partial charge in [0.2, 0.25) is 0 Å². The number of hydrogen-bond donors (Lipinski definition) is 2. The number of carbonyl (C=O) groups is 2. The van der Waals surface area contributed by atoms with Gasteiger partial charge in [0.15, 0.2) is 11.7 Å². The number of nitrogens with one attached hydrogen (secondary N) is 2. The Morgan fingerprint density at radius 1 is 1.15 bits per heavy atom. The molecule has 2 aromatic carbocycles. The molecule has 0 heterocycles. The third-order valence-electron chi connectivity index (χ3n) is 3.41. The van der Waals surface area contributed by atoms with E-state index < -0.39 is 0 Å². The van der Waals surface area contributed by atoms with E-state index in [0.717, 1.165) is 10.0 Å². The van der Waals surface area contributed by atoms with Crippen LogP contribution < -0.4 is 15.4 Å². The highest BCUT2D eigenvalue weighted by Crippen LogP contribution is 2.21. The van der Waals surface area contributed by atoms with Crippen molar-refractivity contribution in [1.82, 2.24) is 5.32 Å². The van der Waals surface area contributed by atoms with Gasteiger partial charge in [0.1, 0.15) is 5.75 Å². The van der Waals surface area contributed by atoms with Crippen LogP contribution in [0.15, 0.2) is 46.9 Å². The predicted molar refractivity (Wildman–Crippen MR) is 111 cm³/mol. The number of thiocarbonyl (C=S) groups is 1. The van der Waals surface area contributed by atoms with Crippen LogP contribution >= 0.6 is 28.1 Å². The third kappa shape index (κ3) is 6.65. The lowest BCUT2D eigenvalue weighted by atomic mass is 10.2. The molecular weight excluding hydrogens is 432 g/mol. The van der Waals surface area contributed by atoms with E-state index in [1.165, 1.54) is 0 Å². The van der Waals surface area contributed by atoms with Crippen molar-refractivity contribution in [3.63, 3.8) is 0 Å². The summed E-state index contributed by atoms with van der Waals surface area (Å²) in [6.07, 6.45) is 0. The molecule has 1 amide bonds. The van der Waals surface area contributed by atoms with Crippen molar-refractivity contribution in [3.8, 4) is 5.75 Å². The number of carbonyl (C=O) groups excluding carboxylic acids is 2. The lowest BCUT2D eigenvalue weighted by Crippen LogP contribution is -2.37. The van der Waals surface area contributed by atoms with Crippen LogP contribution in [0, 0.1) is 6.92 Å². The quantitative estimate of drug-likeness (QED) is 0.514. The smallest absolute Gasteiger partial charge is 0.338 e. The predicted octanol–water partition coefficient (Wildman–Crippen LogP) is 3.83. The van der Waals surface area contributed by atoms with E-state index in [1.54, 1.807) is 37.3 Å². The topological polar surface area (TPSA) is 76.7 Å². The van der Waals surface area contributed by atoms with Crippen molar-refractivity contribution in [1.29, 1.82) is 0 Å². The van der Waals surface area contributed by atoms with E-state index in [4.69, 9.17) is 21.7 Å². The molecule has 0 spiro atoms. The van der Waals surface area contributed by atoms with Crippen LogP contribution in [0.4, 0.5) is 5.69 Å². The van der Waals surface area contributed by atoms with Gasteiger partial charge < -0.3 is 14.8 Å². The van der Waals surface area contributed by atoms with Gasteiger partial charge in [-0.15, -0.1) is 0 Å². The normalized spacial score (nSPS) is 10.0. The maximum atomic E-state index is 12.0. The Balaban J connectivity index is 1.81. The Morgan fingerprint density at radius 3 is 2.48 bits per heavy atom. The summed E-state index contributed by atoms with van der Waals surface area (Å²) in [5, 5.41) is 5.55. The van der Waals surface area contributed by atoms with Crippen LogP contribution in [-0.4, -0.2) is 30.2 Å². The Bertz CT molecular complexity index is 840. The fourth-order valence-electron chi connectivity index (χ4n) is 2.08. The molecule has 8 heteroatoms. The minimum Gasteiger partial charge on any atom is -0.484 e. The highest BCUT2D eigenvalue weighted by atomic mass is 79.9. The second-order valence-corrected chi connectivity index (χ2v) is 6.76. The van der Waals surface area contributed by atoms with Crippen LogP contribution in [-0.2, 0) is 9.53 Å². The zero-order valence-corrected chi connectivity index (χ0v) is 17.3. The van der Waals surface area contributed by atoms with Gasteiger partial charge in [0.05, 0.1) is 12.2 Å². The molecule has 0 aliphatic heterocycles. The number of halogens is 1. The Kier molecular flexibility index (Phi) is 7.75. The average molecular weight is 451 g/mol. The van der Waals surface area contributed by atoms with Crippen molar-refractivity contribution in [2.24, 2.45) is 0 Å². The molecule has 0 saturated heterocycles. The molecule has 0 atom stereocenters. The van der Waals surface area contributed by atoms with E-state index >= 15 is 0 Å². The molecule has 0 radical (unpaired) electrons. The van der Waals surface area contributed by atoms with Crippen molar-refractivity contribution >= 4 is 50.8 Å². The number of ether oxygens (including phenoxy) is 2. The fraction of sp³-hybridized carbons (Fsp3) is 0.211. The fourth-order valence-corrected chi connectivity index (χ4v) is 2.56. The minimum atomic E-state index is -0.389. The summed E-state index contributed by atoms with van der Waals surface area (Å²) in [7, 11) is 0. The van der Waals surface area contributed by atoms with E-state index in [0.29, 0.717) is 23.6 Å². The molecule has 2 rings (SSSR count). The number of benzene rings is 2. The van der Waals surface area contributed by atoms with Crippen molar-refractivity contribution in [2.75, 3.05) is 18.5 Å². The number of aryl methyl sites for hydroxylation is 1. The number of rotatable bonds is 6. The van der Waals surface area contributed by atoms with E-state index in [1.807, 2.05) is 19.1 Å². The molecule has 0 aliphatic rings. The Hall–Kier alpha value is -2.45. The number of amides is 1. The van der Waals surface area contributed by atoms with Crippen molar-refractivity contribution in [3.05, 3.63) is 58.1 Å². The van der Waals surface area contributed by atoms with Crippen LogP contribution in [0.5, 0.6) is 5.75 Å². The zero-order chi connectivity index (χ0) is 19.8. The summed E-state index contributed by atoms with van der Waals surface area (Å²) in [4.78, 5) is 23.6. The van der Waals surface area contributed by atoms with Gasteiger partial charge in [-0.1, -0.05) is 15.9 Å². The van der Waals surface area contributed by atoms with Gasteiger partial charge >= 0.3 is 5.97 Å². The summed E-state index contributed by atoms with van der Waals surface area (Å²) in [6.45, 7) is 3.83. The molecule has 0 aliphatic carbocycles. The molecule has 0 unspecified atom stereocenters. The largest absolute Gasteiger partial charge is 0.484 e. The first-order valence-corrected chi connectivity index (χ1v) is 9.36. The molecule has 142 valence electrons. The maximum absolute atomic E-state index is 12.0. The van der Waals surface area contributed by atoms with Crippen LogP contribution in [0.2, 0.25) is 0 Å². The molecule has 0 saturated carbocycles. The van der Waals surface area contributed by atoms with E-state index in [9.17, 15) is 9.59 Å². The Labute approximate surface area is 171 Å². The van der Waals surface area contributed by atoms with Crippen LogP contribution in [0.1, 0.15) is 22.8 Å². The molecule has 6 nitrogen and oxygen atoms in total. The third-order valence-corrected chi connectivity index (χ3v) is 4.50. The molecular formula is C19H19BrN2O4S. The number of esters is 1.